The number of anilines is 1. The summed E-state index contributed by atoms with van der Waals surface area (Å²) in [5.41, 5.74) is 4.94. The minimum Gasteiger partial charge on any atom is -0.487 e. The van der Waals surface area contributed by atoms with E-state index in [1.54, 1.807) is 73.8 Å². The smallest absolute Gasteiger partial charge is 0.161 e. The summed E-state index contributed by atoms with van der Waals surface area (Å²) >= 11 is 6.46. The summed E-state index contributed by atoms with van der Waals surface area (Å²) in [7, 11) is -3.05. The van der Waals surface area contributed by atoms with Crippen molar-refractivity contribution in [2.24, 2.45) is 9.98 Å². The van der Waals surface area contributed by atoms with Gasteiger partial charge in [0, 0.05) is 30.1 Å². The Bertz CT molecular complexity index is 1710. The molecule has 4 aromatic rings. The Balaban J connectivity index is 1.55. The fourth-order valence-corrected chi connectivity index (χ4v) is 4.69. The third kappa shape index (κ3) is 8.73. The molecule has 0 aliphatic carbocycles. The fourth-order valence-electron chi connectivity index (χ4n) is 3.94. The topological polar surface area (TPSA) is 126 Å². The van der Waals surface area contributed by atoms with E-state index < -0.39 is 9.84 Å². The molecule has 0 aliphatic rings. The van der Waals surface area contributed by atoms with Crippen LogP contribution in [0.2, 0.25) is 5.02 Å². The Morgan fingerprint density at radius 3 is 2.67 bits per heavy atom. The Kier molecular flexibility index (Phi) is 10.5. The average molecular weight is 613 g/mol. The molecule has 0 radical (unpaired) electrons. The lowest BCUT2D eigenvalue weighted by Gasteiger charge is -2.11. The zero-order valence-corrected chi connectivity index (χ0v) is 24.5. The van der Waals surface area contributed by atoms with Crippen LogP contribution in [0.4, 0.5) is 15.8 Å². The second-order valence-corrected chi connectivity index (χ2v) is 12.0. The molecule has 0 saturated heterocycles. The van der Waals surface area contributed by atoms with Gasteiger partial charge in [-0.3, -0.25) is 10.7 Å². The number of nitrogens with one attached hydrogen (secondary N) is 2. The van der Waals surface area contributed by atoms with Crippen molar-refractivity contribution in [3.05, 3.63) is 101 Å². The Morgan fingerprint density at radius 2 is 1.95 bits per heavy atom. The van der Waals surface area contributed by atoms with Gasteiger partial charge in [0.15, 0.2) is 5.84 Å². The van der Waals surface area contributed by atoms with Gasteiger partial charge in [-0.05, 0) is 73.2 Å². The highest BCUT2D eigenvalue weighted by Gasteiger charge is 2.14. The van der Waals surface area contributed by atoms with E-state index in [0.717, 1.165) is 0 Å². The minimum absolute atomic E-state index is 0.0372. The lowest BCUT2D eigenvalue weighted by atomic mass is 10.1. The summed E-state index contributed by atoms with van der Waals surface area (Å²) < 4.78 is 47.8. The maximum absolute atomic E-state index is 13.5. The molecule has 9 nitrogen and oxygen atoms in total. The molecule has 3 N–H and O–H groups in total. The van der Waals surface area contributed by atoms with Crippen LogP contribution in [0.5, 0.6) is 5.75 Å². The normalized spacial score (nSPS) is 12.2. The molecule has 0 amide bonds. The number of ether oxygens (including phenoxy) is 1. The van der Waals surface area contributed by atoms with E-state index in [0.29, 0.717) is 69.3 Å². The quantitative estimate of drug-likeness (QED) is 0.0729. The van der Waals surface area contributed by atoms with E-state index in [1.807, 2.05) is 0 Å². The summed E-state index contributed by atoms with van der Waals surface area (Å²) in [6, 6.07) is 20.0. The Morgan fingerprint density at radius 1 is 1.12 bits per heavy atom. The molecule has 0 fully saturated rings. The van der Waals surface area contributed by atoms with Crippen molar-refractivity contribution in [3.8, 4) is 17.1 Å². The largest absolute Gasteiger partial charge is 0.487 e. The van der Waals surface area contributed by atoms with E-state index in [9.17, 15) is 18.0 Å². The first-order chi connectivity index (χ1) is 20.1. The number of benzene rings is 3. The number of halogens is 2. The summed E-state index contributed by atoms with van der Waals surface area (Å²) in [6.07, 6.45) is 2.77. The van der Waals surface area contributed by atoms with Crippen LogP contribution in [0.15, 0.2) is 87.2 Å². The minimum atomic E-state index is -3.05. The van der Waals surface area contributed by atoms with Gasteiger partial charge in [0.05, 0.1) is 28.7 Å². The number of hydrogen-bond donors (Lipinski definition) is 3. The summed E-state index contributed by atoms with van der Waals surface area (Å²) in [6.45, 7) is 2.58. The summed E-state index contributed by atoms with van der Waals surface area (Å²) in [5, 5.41) is 13.2. The molecule has 0 spiro atoms. The molecular formula is C30H30ClFN4O5S. The molecule has 1 aromatic heterocycles. The van der Waals surface area contributed by atoms with Crippen molar-refractivity contribution in [2.45, 2.75) is 20.1 Å². The van der Waals surface area contributed by atoms with Crippen LogP contribution in [0, 0.1) is 5.82 Å². The molecule has 0 unspecified atom stereocenters. The molecular weight excluding hydrogens is 583 g/mol. The fraction of sp³-hybridized carbons (Fsp3) is 0.200. The first-order valence-electron chi connectivity index (χ1n) is 12.9. The van der Waals surface area contributed by atoms with Crippen molar-refractivity contribution in [2.75, 3.05) is 24.0 Å². The van der Waals surface area contributed by atoms with Crippen LogP contribution >= 0.6 is 11.6 Å². The van der Waals surface area contributed by atoms with Gasteiger partial charge in [-0.15, -0.1) is 0 Å². The van der Waals surface area contributed by atoms with Crippen molar-refractivity contribution >= 4 is 44.9 Å². The van der Waals surface area contributed by atoms with Gasteiger partial charge in [0.2, 0.25) is 0 Å². The van der Waals surface area contributed by atoms with Crippen molar-refractivity contribution in [3.63, 3.8) is 0 Å². The van der Waals surface area contributed by atoms with Gasteiger partial charge >= 0.3 is 0 Å². The molecule has 4 rings (SSSR count). The van der Waals surface area contributed by atoms with E-state index in [2.05, 4.69) is 20.8 Å². The van der Waals surface area contributed by atoms with E-state index in [-0.39, 0.29) is 18.2 Å². The van der Waals surface area contributed by atoms with Crippen molar-refractivity contribution in [1.29, 1.82) is 0 Å². The van der Waals surface area contributed by atoms with Crippen LogP contribution < -0.4 is 15.5 Å². The number of sulfone groups is 1. The van der Waals surface area contributed by atoms with Gasteiger partial charge in [-0.2, -0.15) is 0 Å². The van der Waals surface area contributed by atoms with E-state index in [4.69, 9.17) is 20.8 Å². The highest BCUT2D eigenvalue weighted by Crippen LogP contribution is 2.32. The molecule has 42 heavy (non-hydrogen) atoms. The number of hydrogen-bond acceptors (Lipinski definition) is 8. The monoisotopic (exact) mass is 612 g/mol. The molecule has 12 heteroatoms. The van der Waals surface area contributed by atoms with Crippen LogP contribution in [0.1, 0.15) is 23.8 Å². The molecule has 3 aromatic carbocycles. The maximum atomic E-state index is 13.5. The number of nitrogens with zero attached hydrogens (tertiary/aromatic N) is 2. The van der Waals surface area contributed by atoms with Crippen molar-refractivity contribution in [1.82, 2.24) is 5.32 Å². The lowest BCUT2D eigenvalue weighted by Crippen LogP contribution is -2.21. The highest BCUT2D eigenvalue weighted by atomic mass is 35.5. The van der Waals surface area contributed by atoms with Crippen LogP contribution in [0.3, 0.4) is 0 Å². The number of rotatable bonds is 12. The van der Waals surface area contributed by atoms with Gasteiger partial charge in [0.25, 0.3) is 0 Å². The Hall–Kier alpha value is -4.03. The Labute approximate surface area is 248 Å². The van der Waals surface area contributed by atoms with E-state index >= 15 is 0 Å². The molecule has 0 saturated carbocycles. The van der Waals surface area contributed by atoms with Crippen LogP contribution in [-0.2, 0) is 23.0 Å². The number of amidine groups is 1. The number of aliphatic imine (C=N–C) groups is 2. The standard InChI is InChI=1S/C30H30ClFN4O5S/c1-3-34-30(35-23-8-11-29(26(31)17-23)40-19-20-5-4-6-22(32)15-20)25-16-21(7-10-27(25)36-37)28-12-9-24(41-28)18-33-13-14-42(2,38)39/h3-12,15-17,33,36-37H,13-14,18-19H2,1-2H3. The molecule has 0 atom stereocenters. The maximum Gasteiger partial charge on any atom is 0.161 e. The van der Waals surface area contributed by atoms with Gasteiger partial charge in [-0.1, -0.05) is 23.7 Å². The molecule has 0 aliphatic heterocycles. The van der Waals surface area contributed by atoms with Crippen LogP contribution in [0.25, 0.3) is 11.3 Å². The second-order valence-electron chi connectivity index (χ2n) is 9.30. The number of furan rings is 1. The van der Waals surface area contributed by atoms with Crippen LogP contribution in [-0.4, -0.2) is 44.2 Å². The molecule has 220 valence electrons. The second kappa shape index (κ2) is 14.2. The van der Waals surface area contributed by atoms with E-state index in [1.165, 1.54) is 18.4 Å². The highest BCUT2D eigenvalue weighted by molar-refractivity contribution is 7.90. The average Bonchev–Trinajstić information content (AvgIpc) is 3.43. The third-order valence-corrected chi connectivity index (χ3v) is 7.20. The lowest BCUT2D eigenvalue weighted by molar-refractivity contribution is 0.306. The third-order valence-electron chi connectivity index (χ3n) is 5.96. The van der Waals surface area contributed by atoms with Gasteiger partial charge in [-0.25, -0.2) is 22.8 Å². The first kappa shape index (κ1) is 30.9. The van der Waals surface area contributed by atoms with Gasteiger partial charge < -0.3 is 14.5 Å². The SMILES string of the molecule is CC=NC(=Nc1ccc(OCc2cccc(F)c2)c(Cl)c1)c1cc(-c2ccc(CNCCS(C)(=O)=O)o2)ccc1NO. The zero-order chi connectivity index (χ0) is 30.1. The summed E-state index contributed by atoms with van der Waals surface area (Å²) in [5.74, 6) is 1.62. The molecule has 1 heterocycles. The summed E-state index contributed by atoms with van der Waals surface area (Å²) in [4.78, 5) is 9.08. The first-order valence-corrected chi connectivity index (χ1v) is 15.4. The predicted octanol–water partition coefficient (Wildman–Crippen LogP) is 6.42. The van der Waals surface area contributed by atoms with Gasteiger partial charge in [0.1, 0.15) is 39.5 Å². The van der Waals surface area contributed by atoms with Crippen molar-refractivity contribution < 1.29 is 27.2 Å². The predicted molar refractivity (Wildman–Crippen MR) is 164 cm³/mol. The zero-order valence-electron chi connectivity index (χ0n) is 23.0. The molecule has 0 bridgehead atoms.